The molecule has 2 N–H and O–H groups in total. The van der Waals surface area contributed by atoms with Crippen molar-refractivity contribution in [2.45, 2.75) is 18.3 Å². The number of nitrogens with zero attached hydrogens (tertiary/aromatic N) is 4. The zero-order chi connectivity index (χ0) is 19.5. The van der Waals surface area contributed by atoms with Crippen LogP contribution in [0.1, 0.15) is 11.1 Å². The fraction of sp³-hybridized carbons (Fsp3) is 0.250. The van der Waals surface area contributed by atoms with Crippen molar-refractivity contribution in [1.29, 1.82) is 0 Å². The molecule has 0 amide bonds. The van der Waals surface area contributed by atoms with E-state index in [1.54, 1.807) is 18.0 Å². The predicted molar refractivity (Wildman–Crippen MR) is 106 cm³/mol. The van der Waals surface area contributed by atoms with Gasteiger partial charge in [-0.1, -0.05) is 18.2 Å². The van der Waals surface area contributed by atoms with Crippen molar-refractivity contribution in [1.82, 2.24) is 25.0 Å². The average molecular weight is 371 g/mol. The number of benzene rings is 1. The Morgan fingerprint density at radius 2 is 2.14 bits per heavy atom. The Kier molecular flexibility index (Phi) is 3.61. The van der Waals surface area contributed by atoms with Crippen LogP contribution in [0.25, 0.3) is 33.5 Å². The second-order valence-electron chi connectivity index (χ2n) is 7.31. The van der Waals surface area contributed by atoms with Crippen LogP contribution in [0.3, 0.4) is 0 Å². The van der Waals surface area contributed by atoms with Crippen LogP contribution in [0.2, 0.25) is 0 Å². The fourth-order valence-corrected chi connectivity index (χ4v) is 3.95. The van der Waals surface area contributed by atoms with Gasteiger partial charge < -0.3 is 9.84 Å². The minimum Gasteiger partial charge on any atom is -0.494 e. The molecule has 4 aromatic rings. The van der Waals surface area contributed by atoms with Crippen LogP contribution in [0.4, 0.5) is 0 Å². The summed E-state index contributed by atoms with van der Waals surface area (Å²) in [6, 6.07) is 7.83. The van der Waals surface area contributed by atoms with E-state index in [9.17, 15) is 5.11 Å². The smallest absolute Gasteiger partial charge is 0.147 e. The van der Waals surface area contributed by atoms with E-state index in [1.807, 2.05) is 37.5 Å². The highest BCUT2D eigenvalue weighted by Gasteiger charge is 2.32. The molecule has 7 nitrogen and oxygen atoms in total. The summed E-state index contributed by atoms with van der Waals surface area (Å²) in [6.07, 6.45) is 4.46. The highest BCUT2D eigenvalue weighted by atomic mass is 16.5. The molecule has 1 aliphatic carbocycles. The molecule has 1 aromatic carbocycles. The highest BCUT2D eigenvalue weighted by Crippen LogP contribution is 2.40. The normalized spacial score (nSPS) is 18.5. The Balaban J connectivity index is 1.74. The molecule has 0 aliphatic heterocycles. The maximum Gasteiger partial charge on any atom is 0.147 e. The van der Waals surface area contributed by atoms with E-state index in [2.05, 4.69) is 15.3 Å². The Hall–Kier alpha value is -3.13. The number of nitrogens with one attached hydrogen (secondary N) is 1. The van der Waals surface area contributed by atoms with Gasteiger partial charge in [-0.15, -0.1) is 0 Å². The van der Waals surface area contributed by atoms with Gasteiger partial charge in [-0.3, -0.25) is 9.78 Å². The number of hydrogen-bond acceptors (Lipinski definition) is 5. The number of pyridine rings is 1. The van der Waals surface area contributed by atoms with Gasteiger partial charge in [-0.25, -0.2) is 4.98 Å². The summed E-state index contributed by atoms with van der Waals surface area (Å²) in [6.45, 7) is 0. The number of aromatic nitrogens is 5. The Bertz CT molecular complexity index is 1210. The van der Waals surface area contributed by atoms with Crippen LogP contribution in [0.5, 0.6) is 5.75 Å². The lowest BCUT2D eigenvalue weighted by molar-refractivity contribution is 0.140. The van der Waals surface area contributed by atoms with Crippen LogP contribution in [-0.4, -0.2) is 50.5 Å². The van der Waals surface area contributed by atoms with Crippen molar-refractivity contribution < 1.29 is 9.84 Å². The molecule has 3 aromatic heterocycles. The summed E-state index contributed by atoms with van der Waals surface area (Å²) in [5.41, 5.74) is 5.56. The van der Waals surface area contributed by atoms with E-state index in [0.29, 0.717) is 24.3 Å². The van der Waals surface area contributed by atoms with E-state index in [1.165, 1.54) is 0 Å². The van der Waals surface area contributed by atoms with Gasteiger partial charge in [0.15, 0.2) is 0 Å². The molecule has 28 heavy (non-hydrogen) atoms. The SMILES string of the molecule is [B]C1(O)Cc2cccc(-c3nc4c(-c5cnn(C)c5)n[nH]c4cc3OC)c2C1. The average Bonchev–Trinajstić information content (AvgIpc) is 3.34. The van der Waals surface area contributed by atoms with E-state index in [4.69, 9.17) is 17.6 Å². The third kappa shape index (κ3) is 2.60. The molecule has 138 valence electrons. The van der Waals surface area contributed by atoms with Crippen molar-refractivity contribution in [3.8, 4) is 28.3 Å². The number of aryl methyl sites for hydroxylation is 1. The van der Waals surface area contributed by atoms with E-state index in [-0.39, 0.29) is 0 Å². The maximum absolute atomic E-state index is 10.3. The summed E-state index contributed by atoms with van der Waals surface area (Å²) in [5.74, 6) is 0.634. The number of aliphatic hydroxyl groups is 1. The standard InChI is InChI=1S/C20H18BN5O2/c1-26-10-12(9-22-26)17-19-15(24-25-17)6-16(28-2)18(23-19)13-5-3-4-11-7-20(21,27)8-14(11)13/h3-6,9-10,27H,7-8H2,1-2H3,(H,24,25). The maximum atomic E-state index is 10.3. The summed E-state index contributed by atoms with van der Waals surface area (Å²) in [4.78, 5) is 4.91. The van der Waals surface area contributed by atoms with Crippen molar-refractivity contribution in [2.24, 2.45) is 7.05 Å². The van der Waals surface area contributed by atoms with Gasteiger partial charge in [0.2, 0.25) is 0 Å². The monoisotopic (exact) mass is 371 g/mol. The van der Waals surface area contributed by atoms with Crippen LogP contribution in [0, 0.1) is 0 Å². The third-order valence-electron chi connectivity index (χ3n) is 5.21. The second-order valence-corrected chi connectivity index (χ2v) is 7.31. The molecule has 1 unspecified atom stereocenters. The number of rotatable bonds is 3. The Morgan fingerprint density at radius 3 is 2.89 bits per heavy atom. The van der Waals surface area contributed by atoms with Crippen LogP contribution >= 0.6 is 0 Å². The van der Waals surface area contributed by atoms with Gasteiger partial charge in [-0.05, 0) is 24.0 Å². The van der Waals surface area contributed by atoms with Gasteiger partial charge in [0.05, 0.1) is 18.8 Å². The van der Waals surface area contributed by atoms with Crippen LogP contribution in [0.15, 0.2) is 36.7 Å². The van der Waals surface area contributed by atoms with Gasteiger partial charge in [0, 0.05) is 35.9 Å². The van der Waals surface area contributed by atoms with E-state index >= 15 is 0 Å². The van der Waals surface area contributed by atoms with E-state index < -0.39 is 5.50 Å². The minimum atomic E-state index is -1.23. The third-order valence-corrected chi connectivity index (χ3v) is 5.21. The number of hydrogen-bond donors (Lipinski definition) is 2. The highest BCUT2D eigenvalue weighted by molar-refractivity contribution is 6.15. The van der Waals surface area contributed by atoms with E-state index in [0.717, 1.165) is 39.0 Å². The van der Waals surface area contributed by atoms with Crippen molar-refractivity contribution in [3.05, 3.63) is 47.8 Å². The van der Waals surface area contributed by atoms with Gasteiger partial charge >= 0.3 is 0 Å². The molecule has 0 bridgehead atoms. The first-order valence-electron chi connectivity index (χ1n) is 9.00. The summed E-state index contributed by atoms with van der Waals surface area (Å²) in [7, 11) is 9.48. The van der Waals surface area contributed by atoms with Gasteiger partial charge in [0.25, 0.3) is 0 Å². The first-order valence-corrected chi connectivity index (χ1v) is 9.00. The molecule has 0 saturated carbocycles. The molecule has 2 radical (unpaired) electrons. The fourth-order valence-electron chi connectivity index (χ4n) is 3.95. The van der Waals surface area contributed by atoms with Gasteiger partial charge in [-0.2, -0.15) is 10.2 Å². The molecular weight excluding hydrogens is 353 g/mol. The Labute approximate surface area is 162 Å². The van der Waals surface area contributed by atoms with Gasteiger partial charge in [0.1, 0.15) is 30.5 Å². The summed E-state index contributed by atoms with van der Waals surface area (Å²) in [5, 5.41) is 22.0. The van der Waals surface area contributed by atoms with Crippen molar-refractivity contribution in [3.63, 3.8) is 0 Å². The lowest BCUT2D eigenvalue weighted by Crippen LogP contribution is -2.29. The molecule has 3 heterocycles. The Morgan fingerprint density at radius 1 is 1.29 bits per heavy atom. The molecule has 0 fully saturated rings. The lowest BCUT2D eigenvalue weighted by atomic mass is 9.79. The zero-order valence-corrected chi connectivity index (χ0v) is 15.6. The molecule has 0 spiro atoms. The summed E-state index contributed by atoms with van der Waals surface area (Å²) < 4.78 is 7.35. The van der Waals surface area contributed by atoms with Crippen molar-refractivity contribution >= 4 is 18.9 Å². The second kappa shape index (κ2) is 5.94. The number of ether oxygens (including phenoxy) is 1. The molecular formula is C20H18BN5O2. The lowest BCUT2D eigenvalue weighted by Gasteiger charge is -2.15. The quantitative estimate of drug-likeness (QED) is 0.538. The first-order chi connectivity index (χ1) is 13.4. The zero-order valence-electron chi connectivity index (χ0n) is 15.6. The molecule has 8 heteroatoms. The summed E-state index contributed by atoms with van der Waals surface area (Å²) >= 11 is 0. The molecule has 1 aliphatic rings. The van der Waals surface area contributed by atoms with Crippen molar-refractivity contribution in [2.75, 3.05) is 7.11 Å². The molecule has 5 rings (SSSR count). The minimum absolute atomic E-state index is 0.377. The number of aromatic amines is 1. The number of H-pyrrole nitrogens is 1. The topological polar surface area (TPSA) is 88.9 Å². The predicted octanol–water partition coefficient (Wildman–Crippen LogP) is 1.99. The number of methoxy groups -OCH3 is 1. The number of fused-ring (bicyclic) bond motifs is 2. The molecule has 1 atom stereocenters. The first kappa shape index (κ1) is 17.0. The van der Waals surface area contributed by atoms with Crippen LogP contribution in [-0.2, 0) is 19.9 Å². The largest absolute Gasteiger partial charge is 0.494 e. The molecule has 0 saturated heterocycles. The van der Waals surface area contributed by atoms with Crippen LogP contribution < -0.4 is 4.74 Å².